The molecule has 0 fully saturated rings. The van der Waals surface area contributed by atoms with Crippen LogP contribution in [0.2, 0.25) is 5.02 Å². The summed E-state index contributed by atoms with van der Waals surface area (Å²) in [5.74, 6) is 0. The molecule has 3 aromatic rings. The molecule has 0 bridgehead atoms. The van der Waals surface area contributed by atoms with Crippen LogP contribution in [-0.2, 0) is 6.54 Å². The van der Waals surface area contributed by atoms with E-state index in [0.29, 0.717) is 18.1 Å². The number of aromatic nitrogens is 1. The van der Waals surface area contributed by atoms with Gasteiger partial charge in [0.15, 0.2) is 0 Å². The molecule has 1 N–H and O–H groups in total. The van der Waals surface area contributed by atoms with Crippen LogP contribution in [-0.4, -0.2) is 25.6 Å². The molecule has 1 heterocycles. The molecule has 0 saturated heterocycles. The summed E-state index contributed by atoms with van der Waals surface area (Å²) in [6.07, 6.45) is 0. The van der Waals surface area contributed by atoms with Crippen LogP contribution in [0, 0.1) is 0 Å². The summed E-state index contributed by atoms with van der Waals surface area (Å²) >= 11 is 6.01. The third-order valence-corrected chi connectivity index (χ3v) is 5.44. The minimum atomic E-state index is -0.0824. The van der Waals surface area contributed by atoms with Gasteiger partial charge >= 0.3 is 127 Å². The monoisotopic (exact) mass is 352 g/mol. The van der Waals surface area contributed by atoms with Crippen LogP contribution in [0.3, 0.4) is 0 Å². The zero-order valence-electron chi connectivity index (χ0n) is 10.7. The molecule has 0 spiro atoms. The Kier molecular flexibility index (Phi) is 3.97. The Morgan fingerprint density at radius 1 is 1.10 bits per heavy atom. The Morgan fingerprint density at radius 3 is 2.70 bits per heavy atom. The van der Waals surface area contributed by atoms with Gasteiger partial charge in [0.1, 0.15) is 0 Å². The van der Waals surface area contributed by atoms with Crippen LogP contribution >= 0.6 is 11.6 Å². The molecule has 0 amide bonds. The molecule has 5 heteroatoms. The van der Waals surface area contributed by atoms with Crippen molar-refractivity contribution in [2.75, 3.05) is 11.9 Å². The van der Waals surface area contributed by atoms with Crippen LogP contribution in [0.25, 0.3) is 9.78 Å². The van der Waals surface area contributed by atoms with Crippen LogP contribution in [0.5, 0.6) is 0 Å². The molecule has 0 aliphatic heterocycles. The number of hydrogen-bond donors (Lipinski definition) is 1. The summed E-state index contributed by atoms with van der Waals surface area (Å²) in [4.78, 5) is 12.0. The summed E-state index contributed by atoms with van der Waals surface area (Å²) in [6.45, 7) is 1.34. The number of benzene rings is 2. The average Bonchev–Trinajstić information content (AvgIpc) is 2.77. The fraction of sp³-hybridized carbons (Fsp3) is 0.133. The van der Waals surface area contributed by atoms with E-state index in [2.05, 4.69) is 5.32 Å². The van der Waals surface area contributed by atoms with Crippen molar-refractivity contribution in [1.29, 1.82) is 0 Å². The summed E-state index contributed by atoms with van der Waals surface area (Å²) in [5, 5.41) is 3.97. The predicted octanol–water partition coefficient (Wildman–Crippen LogP) is 2.82. The molecule has 0 aliphatic carbocycles. The molecule has 0 aliphatic rings. The van der Waals surface area contributed by atoms with Crippen molar-refractivity contribution in [2.45, 2.75) is 6.54 Å². The molecule has 0 radical (unpaired) electrons. The first kappa shape index (κ1) is 13.5. The van der Waals surface area contributed by atoms with Gasteiger partial charge in [0.25, 0.3) is 0 Å². The molecule has 3 nitrogen and oxygen atoms in total. The Labute approximate surface area is 127 Å². The quantitative estimate of drug-likeness (QED) is 0.733. The third-order valence-electron chi connectivity index (χ3n) is 3.10. The van der Waals surface area contributed by atoms with E-state index in [9.17, 15) is 4.79 Å². The van der Waals surface area contributed by atoms with Crippen molar-refractivity contribution in [3.63, 3.8) is 0 Å². The number of anilines is 1. The van der Waals surface area contributed by atoms with Crippen molar-refractivity contribution in [3.05, 3.63) is 62.8 Å². The zero-order valence-corrected chi connectivity index (χ0v) is 13.1. The number of nitrogens with zero attached hydrogens (tertiary/aromatic N) is 1. The van der Waals surface area contributed by atoms with E-state index in [1.54, 1.807) is 0 Å². The second-order valence-electron chi connectivity index (χ2n) is 4.39. The number of fused-ring (bicyclic) bond motifs is 1. The number of halogens is 1. The molecule has 3 rings (SSSR count). The maximum atomic E-state index is 12.0. The van der Waals surface area contributed by atoms with Crippen molar-refractivity contribution >= 4 is 41.6 Å². The van der Waals surface area contributed by atoms with Crippen molar-refractivity contribution < 1.29 is 0 Å². The number of nitrogens with one attached hydrogen (secondary N) is 1. The van der Waals surface area contributed by atoms with Crippen molar-refractivity contribution in [3.8, 4) is 0 Å². The summed E-state index contributed by atoms with van der Waals surface area (Å²) in [6, 6.07) is 15.6. The number of rotatable bonds is 4. The van der Waals surface area contributed by atoms with Gasteiger partial charge in [-0.3, -0.25) is 0 Å². The second kappa shape index (κ2) is 5.88. The van der Waals surface area contributed by atoms with E-state index >= 15 is 0 Å². The molecule has 20 heavy (non-hydrogen) atoms. The van der Waals surface area contributed by atoms with E-state index in [1.807, 2.05) is 53.1 Å². The fourth-order valence-corrected chi connectivity index (χ4v) is 4.26. The first-order valence-corrected chi connectivity index (χ1v) is 8.41. The topological polar surface area (TPSA) is 34.0 Å². The average molecular weight is 352 g/mol. The van der Waals surface area contributed by atoms with Gasteiger partial charge < -0.3 is 0 Å². The predicted molar refractivity (Wildman–Crippen MR) is 85.1 cm³/mol. The van der Waals surface area contributed by atoms with Crippen LogP contribution in [0.4, 0.5) is 5.69 Å². The van der Waals surface area contributed by atoms with Gasteiger partial charge in [-0.2, -0.15) is 0 Å². The van der Waals surface area contributed by atoms with Crippen molar-refractivity contribution in [2.24, 2.45) is 0 Å². The third kappa shape index (κ3) is 2.68. The Balaban J connectivity index is 1.76. The van der Waals surface area contributed by atoms with Crippen molar-refractivity contribution in [1.82, 2.24) is 4.57 Å². The fourth-order valence-electron chi connectivity index (χ4n) is 2.13. The molecule has 0 saturated carbocycles. The Bertz CT molecular complexity index is 794. The molecular weight excluding hydrogens is 339 g/mol. The van der Waals surface area contributed by atoms with E-state index < -0.39 is 0 Å². The Hall–Kier alpha value is -1.48. The summed E-state index contributed by atoms with van der Waals surface area (Å²) in [5.41, 5.74) is 1.96. The van der Waals surface area contributed by atoms with Gasteiger partial charge in [-0.05, 0) is 0 Å². The van der Waals surface area contributed by atoms with Gasteiger partial charge in [0.2, 0.25) is 0 Å². The molecule has 2 aromatic carbocycles. The van der Waals surface area contributed by atoms with Crippen LogP contribution in [0.15, 0.2) is 53.3 Å². The minimum absolute atomic E-state index is 0.0824. The van der Waals surface area contributed by atoms with E-state index in [-0.39, 0.29) is 18.9 Å². The van der Waals surface area contributed by atoms with Gasteiger partial charge in [0, 0.05) is 0 Å². The maximum absolute atomic E-state index is 12.0. The molecular formula is C15H13ClN2OSe. The Morgan fingerprint density at radius 2 is 1.85 bits per heavy atom. The molecule has 1 aromatic heterocycles. The molecule has 102 valence electrons. The standard InChI is InChI=1S/C15H13ClN2OSe/c16-11-5-1-2-6-12(11)17-9-10-18-13-7-3-4-8-14(13)20-15(18)19/h1-8,17H,9-10H2. The first-order chi connectivity index (χ1) is 9.75. The second-order valence-corrected chi connectivity index (χ2v) is 6.88. The van der Waals surface area contributed by atoms with E-state index in [0.717, 1.165) is 11.2 Å². The molecule has 0 unspecified atom stereocenters. The van der Waals surface area contributed by atoms with Gasteiger partial charge in [-0.25, -0.2) is 0 Å². The number of para-hydroxylation sites is 2. The van der Waals surface area contributed by atoms with Gasteiger partial charge in [0.05, 0.1) is 0 Å². The normalized spacial score (nSPS) is 10.8. The summed E-state index contributed by atoms with van der Waals surface area (Å²) < 4.78 is 3.25. The SMILES string of the molecule is O=c1[se]c2ccccc2n1CCNc1ccccc1Cl. The summed E-state index contributed by atoms with van der Waals surface area (Å²) in [7, 11) is 0. The van der Waals surface area contributed by atoms with Gasteiger partial charge in [-0.15, -0.1) is 0 Å². The molecule has 0 atom stereocenters. The van der Waals surface area contributed by atoms with Crippen LogP contribution < -0.4 is 9.75 Å². The van der Waals surface area contributed by atoms with Crippen LogP contribution in [0.1, 0.15) is 0 Å². The van der Waals surface area contributed by atoms with E-state index in [4.69, 9.17) is 11.6 Å². The first-order valence-electron chi connectivity index (χ1n) is 6.32. The van der Waals surface area contributed by atoms with Gasteiger partial charge in [-0.1, -0.05) is 0 Å². The zero-order chi connectivity index (χ0) is 13.9. The number of hydrogen-bond acceptors (Lipinski definition) is 2. The van der Waals surface area contributed by atoms with E-state index in [1.165, 1.54) is 4.26 Å².